The van der Waals surface area contributed by atoms with Crippen molar-refractivity contribution < 1.29 is 22.7 Å². The van der Waals surface area contributed by atoms with Crippen molar-refractivity contribution in [1.82, 2.24) is 4.72 Å². The maximum absolute atomic E-state index is 12.1. The monoisotopic (exact) mass is 379 g/mol. The molecular formula is C17H17NO5S2. The molecule has 8 heteroatoms. The van der Waals surface area contributed by atoms with Crippen molar-refractivity contribution in [3.63, 3.8) is 0 Å². The number of benzene rings is 2. The fourth-order valence-corrected chi connectivity index (χ4v) is 3.17. The third kappa shape index (κ3) is 4.91. The highest BCUT2D eigenvalue weighted by atomic mass is 32.2. The highest BCUT2D eigenvalue weighted by Crippen LogP contribution is 2.16. The zero-order chi connectivity index (χ0) is 18.4. The first-order valence-corrected chi connectivity index (χ1v) is 9.96. The molecule has 25 heavy (non-hydrogen) atoms. The Morgan fingerprint density at radius 2 is 1.76 bits per heavy atom. The van der Waals surface area contributed by atoms with Gasteiger partial charge in [0, 0.05) is 10.5 Å². The molecule has 0 fully saturated rings. The van der Waals surface area contributed by atoms with Crippen LogP contribution in [0.1, 0.15) is 20.7 Å². The molecule has 0 aliphatic carbocycles. The SMILES string of the molecule is CNS(=O)(=O)c1cccc(C(=O)OCC(=O)c2ccc(SC)cc2)c1. The molecule has 0 bridgehead atoms. The lowest BCUT2D eigenvalue weighted by atomic mass is 10.1. The average Bonchev–Trinajstić information content (AvgIpc) is 2.66. The quantitative estimate of drug-likeness (QED) is 0.451. The summed E-state index contributed by atoms with van der Waals surface area (Å²) in [6.45, 7) is -0.416. The van der Waals surface area contributed by atoms with Crippen molar-refractivity contribution in [3.05, 3.63) is 59.7 Å². The Morgan fingerprint density at radius 1 is 1.08 bits per heavy atom. The Labute approximate surface area is 150 Å². The summed E-state index contributed by atoms with van der Waals surface area (Å²) in [6, 6.07) is 12.4. The standard InChI is InChI=1S/C17H17NO5S2/c1-18-25(21,22)15-5-3-4-13(10-15)17(20)23-11-16(19)12-6-8-14(24-2)9-7-12/h3-10,18H,11H2,1-2H3. The number of ketones is 1. The highest BCUT2D eigenvalue weighted by Gasteiger charge is 2.16. The Hall–Kier alpha value is -2.16. The molecule has 0 unspecified atom stereocenters. The zero-order valence-corrected chi connectivity index (χ0v) is 15.3. The topological polar surface area (TPSA) is 89.5 Å². The zero-order valence-electron chi connectivity index (χ0n) is 13.7. The second kappa shape index (κ2) is 8.28. The van der Waals surface area contributed by atoms with E-state index in [9.17, 15) is 18.0 Å². The van der Waals surface area contributed by atoms with Crippen LogP contribution in [0, 0.1) is 0 Å². The van der Waals surface area contributed by atoms with Crippen molar-refractivity contribution in [2.45, 2.75) is 9.79 Å². The Morgan fingerprint density at radius 3 is 2.36 bits per heavy atom. The molecule has 0 saturated carbocycles. The second-order valence-electron chi connectivity index (χ2n) is 4.96. The van der Waals surface area contributed by atoms with E-state index >= 15 is 0 Å². The molecule has 6 nitrogen and oxygen atoms in total. The number of ether oxygens (including phenoxy) is 1. The molecule has 0 saturated heterocycles. The molecule has 0 aromatic heterocycles. The predicted molar refractivity (Wildman–Crippen MR) is 95.5 cm³/mol. The van der Waals surface area contributed by atoms with Crippen molar-refractivity contribution in [1.29, 1.82) is 0 Å². The van der Waals surface area contributed by atoms with Crippen LogP contribution in [0.25, 0.3) is 0 Å². The Balaban J connectivity index is 2.04. The van der Waals surface area contributed by atoms with E-state index in [1.54, 1.807) is 23.9 Å². The lowest BCUT2D eigenvalue weighted by Gasteiger charge is -2.07. The molecule has 0 aliphatic heterocycles. The van der Waals surface area contributed by atoms with E-state index in [-0.39, 0.29) is 16.2 Å². The Kier molecular flexibility index (Phi) is 6.35. The number of sulfonamides is 1. The summed E-state index contributed by atoms with van der Waals surface area (Å²) in [5.41, 5.74) is 0.499. The van der Waals surface area contributed by atoms with Crippen LogP contribution < -0.4 is 4.72 Å². The van der Waals surface area contributed by atoms with Gasteiger partial charge in [-0.15, -0.1) is 11.8 Å². The van der Waals surface area contributed by atoms with Gasteiger partial charge in [0.05, 0.1) is 10.5 Å². The van der Waals surface area contributed by atoms with Gasteiger partial charge in [0.2, 0.25) is 10.0 Å². The summed E-state index contributed by atoms with van der Waals surface area (Å²) < 4.78 is 30.7. The minimum absolute atomic E-state index is 0.0524. The summed E-state index contributed by atoms with van der Waals surface area (Å²) in [6.07, 6.45) is 1.93. The number of esters is 1. The van der Waals surface area contributed by atoms with E-state index in [2.05, 4.69) is 4.72 Å². The van der Waals surface area contributed by atoms with Crippen LogP contribution in [0.3, 0.4) is 0 Å². The number of hydrogen-bond donors (Lipinski definition) is 1. The van der Waals surface area contributed by atoms with Gasteiger partial charge in [-0.25, -0.2) is 17.9 Å². The smallest absolute Gasteiger partial charge is 0.338 e. The first-order valence-electron chi connectivity index (χ1n) is 7.25. The number of carbonyl (C=O) groups excluding carboxylic acids is 2. The summed E-state index contributed by atoms with van der Waals surface area (Å²) >= 11 is 1.56. The molecule has 0 spiro atoms. The summed E-state index contributed by atoms with van der Waals surface area (Å²) in [7, 11) is -2.38. The van der Waals surface area contributed by atoms with E-state index in [0.717, 1.165) is 4.90 Å². The fourth-order valence-electron chi connectivity index (χ4n) is 1.98. The van der Waals surface area contributed by atoms with Crippen LogP contribution in [0.2, 0.25) is 0 Å². The van der Waals surface area contributed by atoms with Crippen molar-refractivity contribution in [2.75, 3.05) is 19.9 Å². The van der Waals surface area contributed by atoms with Crippen LogP contribution in [-0.4, -0.2) is 40.1 Å². The Bertz CT molecular complexity index is 876. The maximum atomic E-state index is 12.1. The molecular weight excluding hydrogens is 362 g/mol. The van der Waals surface area contributed by atoms with Crippen molar-refractivity contribution in [3.8, 4) is 0 Å². The highest BCUT2D eigenvalue weighted by molar-refractivity contribution is 7.98. The van der Waals surface area contributed by atoms with Crippen LogP contribution in [-0.2, 0) is 14.8 Å². The van der Waals surface area contributed by atoms with E-state index in [1.807, 2.05) is 18.4 Å². The third-order valence-corrected chi connectivity index (χ3v) is 5.55. The average molecular weight is 379 g/mol. The number of carbonyl (C=O) groups is 2. The van der Waals surface area contributed by atoms with Crippen LogP contribution in [0.4, 0.5) is 0 Å². The number of thioether (sulfide) groups is 1. The van der Waals surface area contributed by atoms with E-state index in [0.29, 0.717) is 5.56 Å². The van der Waals surface area contributed by atoms with Gasteiger partial charge in [-0.05, 0) is 43.6 Å². The molecule has 0 heterocycles. The van der Waals surface area contributed by atoms with Gasteiger partial charge in [0.15, 0.2) is 12.4 Å². The number of hydrogen-bond acceptors (Lipinski definition) is 6. The van der Waals surface area contributed by atoms with Gasteiger partial charge in [-0.2, -0.15) is 0 Å². The maximum Gasteiger partial charge on any atom is 0.338 e. The van der Waals surface area contributed by atoms with Crippen molar-refractivity contribution in [2.24, 2.45) is 0 Å². The molecule has 0 amide bonds. The molecule has 2 aromatic carbocycles. The van der Waals surface area contributed by atoms with E-state index < -0.39 is 22.6 Å². The van der Waals surface area contributed by atoms with Gasteiger partial charge in [0.25, 0.3) is 0 Å². The minimum Gasteiger partial charge on any atom is -0.454 e. The first kappa shape index (κ1) is 19.2. The predicted octanol–water partition coefficient (Wildman–Crippen LogP) is 2.36. The van der Waals surface area contributed by atoms with Gasteiger partial charge in [-0.1, -0.05) is 18.2 Å². The third-order valence-electron chi connectivity index (χ3n) is 3.40. The number of rotatable bonds is 7. The number of Topliss-reactive ketones (excluding diaryl/α,β-unsaturated/α-hetero) is 1. The van der Waals surface area contributed by atoms with Gasteiger partial charge in [-0.3, -0.25) is 4.79 Å². The molecule has 0 radical (unpaired) electrons. The van der Waals surface area contributed by atoms with Crippen LogP contribution in [0.15, 0.2) is 58.3 Å². The van der Waals surface area contributed by atoms with Crippen LogP contribution >= 0.6 is 11.8 Å². The lowest BCUT2D eigenvalue weighted by Crippen LogP contribution is -2.19. The fraction of sp³-hybridized carbons (Fsp3) is 0.176. The largest absolute Gasteiger partial charge is 0.454 e. The molecule has 1 N–H and O–H groups in total. The molecule has 2 aromatic rings. The number of nitrogens with one attached hydrogen (secondary N) is 1. The normalized spacial score (nSPS) is 11.1. The second-order valence-corrected chi connectivity index (χ2v) is 7.73. The molecule has 0 aliphatic rings. The molecule has 132 valence electrons. The van der Waals surface area contributed by atoms with Gasteiger partial charge < -0.3 is 4.74 Å². The van der Waals surface area contributed by atoms with E-state index in [4.69, 9.17) is 4.74 Å². The summed E-state index contributed by atoms with van der Waals surface area (Å²) in [5, 5.41) is 0. The van der Waals surface area contributed by atoms with Crippen LogP contribution in [0.5, 0.6) is 0 Å². The first-order chi connectivity index (χ1) is 11.9. The molecule has 2 rings (SSSR count). The van der Waals surface area contributed by atoms with Gasteiger partial charge >= 0.3 is 5.97 Å². The summed E-state index contributed by atoms with van der Waals surface area (Å²) in [5.74, 6) is -1.10. The van der Waals surface area contributed by atoms with E-state index in [1.165, 1.54) is 31.3 Å². The molecule has 0 atom stereocenters. The van der Waals surface area contributed by atoms with Gasteiger partial charge in [0.1, 0.15) is 0 Å². The lowest BCUT2D eigenvalue weighted by molar-refractivity contribution is 0.0474. The van der Waals surface area contributed by atoms with Crippen molar-refractivity contribution >= 4 is 33.5 Å². The minimum atomic E-state index is -3.66. The summed E-state index contributed by atoms with van der Waals surface area (Å²) in [4.78, 5) is 25.1.